The number of carbonyl (C=O) groups is 2. The van der Waals surface area contributed by atoms with Crippen molar-refractivity contribution >= 4 is 12.0 Å². The molecule has 2 rings (SSSR count). The highest BCUT2D eigenvalue weighted by atomic mass is 16.4. The van der Waals surface area contributed by atoms with Crippen LogP contribution in [0.15, 0.2) is 24.5 Å². The Kier molecular flexibility index (Phi) is 5.14. The molecule has 0 aliphatic carbocycles. The Labute approximate surface area is 124 Å². The first-order valence-electron chi connectivity index (χ1n) is 7.17. The van der Waals surface area contributed by atoms with Gasteiger partial charge in [-0.25, -0.2) is 4.79 Å². The van der Waals surface area contributed by atoms with E-state index in [0.29, 0.717) is 19.6 Å². The van der Waals surface area contributed by atoms with Crippen LogP contribution in [0.2, 0.25) is 0 Å². The third kappa shape index (κ3) is 4.44. The quantitative estimate of drug-likeness (QED) is 0.918. The van der Waals surface area contributed by atoms with Gasteiger partial charge < -0.3 is 14.9 Å². The summed E-state index contributed by atoms with van der Waals surface area (Å²) in [5.74, 6) is -0.728. The fourth-order valence-corrected chi connectivity index (χ4v) is 2.72. The van der Waals surface area contributed by atoms with E-state index in [0.717, 1.165) is 18.4 Å². The fraction of sp³-hybridized carbons (Fsp3) is 0.533. The van der Waals surface area contributed by atoms with Gasteiger partial charge in [0, 0.05) is 45.5 Å². The van der Waals surface area contributed by atoms with Crippen LogP contribution in [-0.2, 0) is 11.3 Å². The predicted octanol–water partition coefficient (Wildman–Crippen LogP) is 1.82. The average Bonchev–Trinajstić information content (AvgIpc) is 2.47. The molecular formula is C15H21N3O3. The summed E-state index contributed by atoms with van der Waals surface area (Å²) in [7, 11) is 1.77. The molecule has 0 saturated carbocycles. The van der Waals surface area contributed by atoms with E-state index in [1.807, 2.05) is 12.1 Å². The molecule has 0 bridgehead atoms. The Bertz CT molecular complexity index is 492. The molecular weight excluding hydrogens is 270 g/mol. The maximum Gasteiger partial charge on any atom is 0.320 e. The van der Waals surface area contributed by atoms with E-state index >= 15 is 0 Å². The topological polar surface area (TPSA) is 73.7 Å². The number of likely N-dealkylation sites (tertiary alicyclic amines) is 1. The van der Waals surface area contributed by atoms with Crippen molar-refractivity contribution in [2.45, 2.75) is 25.8 Å². The Hall–Kier alpha value is -2.11. The number of aromatic nitrogens is 1. The first-order valence-corrected chi connectivity index (χ1v) is 7.17. The van der Waals surface area contributed by atoms with Gasteiger partial charge in [-0.1, -0.05) is 0 Å². The minimum atomic E-state index is -0.792. The van der Waals surface area contributed by atoms with Gasteiger partial charge >= 0.3 is 12.0 Å². The Morgan fingerprint density at radius 2 is 2.14 bits per heavy atom. The maximum absolute atomic E-state index is 12.4. The monoisotopic (exact) mass is 291 g/mol. The van der Waals surface area contributed by atoms with Crippen molar-refractivity contribution in [2.75, 3.05) is 20.1 Å². The van der Waals surface area contributed by atoms with Gasteiger partial charge in [0.1, 0.15) is 0 Å². The number of hydrogen-bond donors (Lipinski definition) is 1. The zero-order valence-corrected chi connectivity index (χ0v) is 12.2. The second-order valence-corrected chi connectivity index (χ2v) is 5.55. The van der Waals surface area contributed by atoms with E-state index in [4.69, 9.17) is 5.11 Å². The number of hydrogen-bond acceptors (Lipinski definition) is 3. The van der Waals surface area contributed by atoms with Gasteiger partial charge in [0.2, 0.25) is 0 Å². The summed E-state index contributed by atoms with van der Waals surface area (Å²) in [6.45, 7) is 1.77. The molecule has 1 saturated heterocycles. The molecule has 1 unspecified atom stereocenters. The standard InChI is InChI=1S/C15H21N3O3/c1-17(10-12-4-6-16-7-5-12)15(21)18-8-2-3-13(11-18)9-14(19)20/h4-7,13H,2-3,8-11H2,1H3,(H,19,20). The number of aliphatic carboxylic acids is 1. The van der Waals surface area contributed by atoms with Crippen molar-refractivity contribution in [3.05, 3.63) is 30.1 Å². The zero-order valence-electron chi connectivity index (χ0n) is 12.2. The summed E-state index contributed by atoms with van der Waals surface area (Å²) >= 11 is 0. The van der Waals surface area contributed by atoms with Gasteiger partial charge in [-0.05, 0) is 36.5 Å². The Balaban J connectivity index is 1.91. The van der Waals surface area contributed by atoms with Gasteiger partial charge in [0.05, 0.1) is 0 Å². The molecule has 0 aromatic carbocycles. The van der Waals surface area contributed by atoms with Crippen LogP contribution in [0.3, 0.4) is 0 Å². The highest BCUT2D eigenvalue weighted by molar-refractivity contribution is 5.74. The van der Waals surface area contributed by atoms with Crippen LogP contribution in [-0.4, -0.2) is 52.0 Å². The number of carbonyl (C=O) groups excluding carboxylic acids is 1. The number of urea groups is 1. The van der Waals surface area contributed by atoms with E-state index in [-0.39, 0.29) is 18.4 Å². The minimum Gasteiger partial charge on any atom is -0.481 e. The number of nitrogens with zero attached hydrogens (tertiary/aromatic N) is 3. The number of carboxylic acids is 1. The van der Waals surface area contributed by atoms with Crippen LogP contribution < -0.4 is 0 Å². The normalized spacial score (nSPS) is 18.3. The van der Waals surface area contributed by atoms with Crippen molar-refractivity contribution in [3.8, 4) is 0 Å². The Morgan fingerprint density at radius 1 is 1.43 bits per heavy atom. The van der Waals surface area contributed by atoms with Crippen LogP contribution in [0, 0.1) is 5.92 Å². The second-order valence-electron chi connectivity index (χ2n) is 5.55. The van der Waals surface area contributed by atoms with Gasteiger partial charge in [-0.3, -0.25) is 9.78 Å². The molecule has 1 aromatic rings. The van der Waals surface area contributed by atoms with E-state index in [2.05, 4.69) is 4.98 Å². The van der Waals surface area contributed by atoms with Gasteiger partial charge in [-0.2, -0.15) is 0 Å². The molecule has 1 aliphatic rings. The molecule has 0 radical (unpaired) electrons. The first kappa shape index (κ1) is 15.3. The number of carboxylic acid groups (broad SMARTS) is 1. The van der Waals surface area contributed by atoms with Crippen molar-refractivity contribution in [1.82, 2.24) is 14.8 Å². The zero-order chi connectivity index (χ0) is 15.2. The largest absolute Gasteiger partial charge is 0.481 e. The third-order valence-electron chi connectivity index (χ3n) is 3.75. The first-order chi connectivity index (χ1) is 10.1. The SMILES string of the molecule is CN(Cc1ccncc1)C(=O)N1CCCC(CC(=O)O)C1. The molecule has 114 valence electrons. The van der Waals surface area contributed by atoms with E-state index in [9.17, 15) is 9.59 Å². The predicted molar refractivity (Wildman–Crippen MR) is 77.6 cm³/mol. The molecule has 1 fully saturated rings. The average molecular weight is 291 g/mol. The highest BCUT2D eigenvalue weighted by Crippen LogP contribution is 2.20. The molecule has 2 heterocycles. The molecule has 1 atom stereocenters. The van der Waals surface area contributed by atoms with E-state index in [1.54, 1.807) is 29.2 Å². The number of piperidine rings is 1. The molecule has 1 aliphatic heterocycles. The minimum absolute atomic E-state index is 0.0399. The summed E-state index contributed by atoms with van der Waals surface area (Å²) in [5.41, 5.74) is 1.03. The van der Waals surface area contributed by atoms with Crippen LogP contribution >= 0.6 is 0 Å². The number of rotatable bonds is 4. The van der Waals surface area contributed by atoms with Gasteiger partial charge in [0.25, 0.3) is 0 Å². The lowest BCUT2D eigenvalue weighted by atomic mass is 9.95. The fourth-order valence-electron chi connectivity index (χ4n) is 2.72. The smallest absolute Gasteiger partial charge is 0.320 e. The van der Waals surface area contributed by atoms with Crippen LogP contribution in [0.5, 0.6) is 0 Å². The molecule has 0 spiro atoms. The molecule has 1 aromatic heterocycles. The lowest BCUT2D eigenvalue weighted by molar-refractivity contribution is -0.138. The van der Waals surface area contributed by atoms with Gasteiger partial charge in [0.15, 0.2) is 0 Å². The summed E-state index contributed by atoms with van der Waals surface area (Å²) in [4.78, 5) is 30.6. The maximum atomic E-state index is 12.4. The summed E-state index contributed by atoms with van der Waals surface area (Å²) < 4.78 is 0. The molecule has 6 heteroatoms. The molecule has 1 N–H and O–H groups in total. The van der Waals surface area contributed by atoms with Crippen molar-refractivity contribution in [2.24, 2.45) is 5.92 Å². The molecule has 21 heavy (non-hydrogen) atoms. The second kappa shape index (κ2) is 7.06. The van der Waals surface area contributed by atoms with Crippen LogP contribution in [0.25, 0.3) is 0 Å². The third-order valence-corrected chi connectivity index (χ3v) is 3.75. The lowest BCUT2D eigenvalue weighted by Gasteiger charge is -2.34. The van der Waals surface area contributed by atoms with E-state index in [1.165, 1.54) is 0 Å². The number of pyridine rings is 1. The van der Waals surface area contributed by atoms with Crippen LogP contribution in [0.1, 0.15) is 24.8 Å². The van der Waals surface area contributed by atoms with Gasteiger partial charge in [-0.15, -0.1) is 0 Å². The highest BCUT2D eigenvalue weighted by Gasteiger charge is 2.26. The molecule has 2 amide bonds. The number of amides is 2. The van der Waals surface area contributed by atoms with Crippen LogP contribution in [0.4, 0.5) is 4.79 Å². The van der Waals surface area contributed by atoms with E-state index < -0.39 is 5.97 Å². The summed E-state index contributed by atoms with van der Waals surface area (Å²) in [6, 6.07) is 3.72. The molecule has 6 nitrogen and oxygen atoms in total. The lowest BCUT2D eigenvalue weighted by Crippen LogP contribution is -2.46. The van der Waals surface area contributed by atoms with Crippen molar-refractivity contribution < 1.29 is 14.7 Å². The summed E-state index contributed by atoms with van der Waals surface area (Å²) in [6.07, 6.45) is 5.30. The summed E-state index contributed by atoms with van der Waals surface area (Å²) in [5, 5.41) is 8.87. The van der Waals surface area contributed by atoms with Crippen molar-refractivity contribution in [1.29, 1.82) is 0 Å². The van der Waals surface area contributed by atoms with Crippen molar-refractivity contribution in [3.63, 3.8) is 0 Å². The Morgan fingerprint density at radius 3 is 2.81 bits per heavy atom.